The van der Waals surface area contributed by atoms with Gasteiger partial charge in [-0.05, 0) is 28.3 Å². The number of ether oxygens (including phenoxy) is 1. The molecule has 4 rings (SSSR count). The summed E-state index contributed by atoms with van der Waals surface area (Å²) in [6.45, 7) is -0.102. The normalized spacial score (nSPS) is 13.9. The Labute approximate surface area is 201 Å². The number of hydrogen-bond donors (Lipinski definition) is 4. The maximum Gasteiger partial charge on any atom is 0.407 e. The third kappa shape index (κ3) is 5.33. The molecule has 1 aliphatic rings. The van der Waals surface area contributed by atoms with Crippen LogP contribution in [0.4, 0.5) is 4.79 Å². The molecule has 2 amide bonds. The molecule has 0 aliphatic heterocycles. The van der Waals surface area contributed by atoms with Gasteiger partial charge in [0.25, 0.3) is 0 Å². The molecule has 0 radical (unpaired) electrons. The number of alkyl carbamates (subject to hydrolysis) is 1. The molecule has 1 aliphatic carbocycles. The van der Waals surface area contributed by atoms with Gasteiger partial charge in [0.2, 0.25) is 5.91 Å². The van der Waals surface area contributed by atoms with Crippen LogP contribution >= 0.6 is 0 Å². The Morgan fingerprint density at radius 1 is 1.06 bits per heavy atom. The molecule has 35 heavy (non-hydrogen) atoms. The number of benzene rings is 2. The summed E-state index contributed by atoms with van der Waals surface area (Å²) in [5.41, 5.74) is 4.69. The fourth-order valence-corrected chi connectivity index (χ4v) is 4.29. The Bertz CT molecular complexity index is 1190. The average molecular weight is 479 g/mol. The molecular formula is C25H26N4O6. The highest BCUT2D eigenvalue weighted by Crippen LogP contribution is 2.44. The molecule has 182 valence electrons. The highest BCUT2D eigenvalue weighted by Gasteiger charge is 2.29. The van der Waals surface area contributed by atoms with Crippen LogP contribution in [-0.4, -0.2) is 57.2 Å². The maximum absolute atomic E-state index is 12.2. The first kappa shape index (κ1) is 24.0. The minimum atomic E-state index is -1.31. The minimum Gasteiger partial charge on any atom is -0.479 e. The molecule has 0 fully saturated rings. The number of aliphatic hydroxyl groups excluding tert-OH is 1. The van der Waals surface area contributed by atoms with Crippen molar-refractivity contribution in [2.45, 2.75) is 24.5 Å². The molecule has 4 N–H and O–H groups in total. The molecule has 2 unspecified atom stereocenters. The highest BCUT2D eigenvalue weighted by molar-refractivity contribution is 5.84. The van der Waals surface area contributed by atoms with Crippen molar-refractivity contribution in [3.05, 3.63) is 77.6 Å². The highest BCUT2D eigenvalue weighted by atomic mass is 16.5. The molecule has 0 saturated carbocycles. The standard InChI is InChI=1S/C25H26N4O6/c1-29-21(10-11-27-29)23(24(32)33)28-22(31)12-15(30)13-26-25(34)35-14-20-18-8-4-2-6-16(18)17-7-3-5-9-19(17)20/h2-11,15,20,23,30H,12-14H2,1H3,(H,26,34)(H,28,31)(H,32,33). The molecule has 10 heteroatoms. The SMILES string of the molecule is Cn1nccc1C(NC(=O)CC(O)CNC(=O)OCC1c2ccccc2-c2ccccc21)C(=O)O. The zero-order valence-electron chi connectivity index (χ0n) is 19.0. The summed E-state index contributed by atoms with van der Waals surface area (Å²) in [6, 6.07) is 16.1. The Morgan fingerprint density at radius 3 is 2.26 bits per heavy atom. The van der Waals surface area contributed by atoms with Crippen molar-refractivity contribution in [1.82, 2.24) is 20.4 Å². The van der Waals surface area contributed by atoms with Crippen LogP contribution in [0.15, 0.2) is 60.8 Å². The number of fused-ring (bicyclic) bond motifs is 3. The first-order valence-electron chi connectivity index (χ1n) is 11.1. The van der Waals surface area contributed by atoms with Gasteiger partial charge in [0.15, 0.2) is 6.04 Å². The Balaban J connectivity index is 1.26. The predicted molar refractivity (Wildman–Crippen MR) is 125 cm³/mol. The zero-order chi connectivity index (χ0) is 24.9. The predicted octanol–water partition coefficient (Wildman–Crippen LogP) is 1.95. The lowest BCUT2D eigenvalue weighted by atomic mass is 9.98. The molecule has 0 saturated heterocycles. The van der Waals surface area contributed by atoms with E-state index in [1.165, 1.54) is 16.9 Å². The van der Waals surface area contributed by atoms with Crippen molar-refractivity contribution in [3.8, 4) is 11.1 Å². The van der Waals surface area contributed by atoms with Crippen molar-refractivity contribution in [2.24, 2.45) is 7.05 Å². The van der Waals surface area contributed by atoms with Crippen LogP contribution in [0.1, 0.15) is 35.2 Å². The molecule has 1 aromatic heterocycles. The number of hydrogen-bond acceptors (Lipinski definition) is 6. The summed E-state index contributed by atoms with van der Waals surface area (Å²) in [5, 5.41) is 28.3. The van der Waals surface area contributed by atoms with Crippen molar-refractivity contribution in [2.75, 3.05) is 13.2 Å². The number of carbonyl (C=O) groups is 3. The third-order valence-electron chi connectivity index (χ3n) is 5.95. The van der Waals surface area contributed by atoms with Gasteiger partial charge in [0, 0.05) is 25.7 Å². The van der Waals surface area contributed by atoms with Crippen molar-refractivity contribution >= 4 is 18.0 Å². The van der Waals surface area contributed by atoms with Gasteiger partial charge in [-0.2, -0.15) is 5.10 Å². The van der Waals surface area contributed by atoms with Crippen LogP contribution in [0.5, 0.6) is 0 Å². The average Bonchev–Trinajstić information content (AvgIpc) is 3.40. The number of carboxylic acid groups (broad SMARTS) is 1. The van der Waals surface area contributed by atoms with E-state index in [4.69, 9.17) is 4.74 Å². The van der Waals surface area contributed by atoms with E-state index in [0.29, 0.717) is 0 Å². The van der Waals surface area contributed by atoms with Crippen LogP contribution in [0.2, 0.25) is 0 Å². The van der Waals surface area contributed by atoms with Gasteiger partial charge in [0.05, 0.1) is 18.2 Å². The van der Waals surface area contributed by atoms with Gasteiger partial charge in [-0.1, -0.05) is 48.5 Å². The second-order valence-corrected chi connectivity index (χ2v) is 8.28. The summed E-state index contributed by atoms with van der Waals surface area (Å²) < 4.78 is 6.75. The second-order valence-electron chi connectivity index (χ2n) is 8.28. The molecule has 2 atom stereocenters. The van der Waals surface area contributed by atoms with E-state index in [1.807, 2.05) is 48.5 Å². The number of nitrogens with one attached hydrogen (secondary N) is 2. The Kier molecular flexibility index (Phi) is 7.11. The van der Waals surface area contributed by atoms with Crippen LogP contribution in [0.3, 0.4) is 0 Å². The largest absolute Gasteiger partial charge is 0.479 e. The number of aryl methyl sites for hydroxylation is 1. The summed E-state index contributed by atoms with van der Waals surface area (Å²) in [5.74, 6) is -2.03. The second kappa shape index (κ2) is 10.4. The number of carboxylic acids is 1. The van der Waals surface area contributed by atoms with Crippen LogP contribution in [0.25, 0.3) is 11.1 Å². The van der Waals surface area contributed by atoms with Crippen LogP contribution < -0.4 is 10.6 Å². The monoisotopic (exact) mass is 478 g/mol. The number of nitrogens with zero attached hydrogens (tertiary/aromatic N) is 2. The van der Waals surface area contributed by atoms with Gasteiger partial charge < -0.3 is 25.6 Å². The fraction of sp³-hybridized carbons (Fsp3) is 0.280. The molecule has 1 heterocycles. The Morgan fingerprint density at radius 2 is 1.69 bits per heavy atom. The maximum atomic E-state index is 12.2. The van der Waals surface area contributed by atoms with E-state index >= 15 is 0 Å². The van der Waals surface area contributed by atoms with Crippen molar-refractivity contribution in [1.29, 1.82) is 0 Å². The number of aliphatic hydroxyl groups is 1. The molecule has 3 aromatic rings. The molecule has 10 nitrogen and oxygen atoms in total. The zero-order valence-corrected chi connectivity index (χ0v) is 19.0. The minimum absolute atomic E-state index is 0.0937. The summed E-state index contributed by atoms with van der Waals surface area (Å²) in [6.07, 6.45) is -0.920. The summed E-state index contributed by atoms with van der Waals surface area (Å²) in [4.78, 5) is 36.0. The van der Waals surface area contributed by atoms with E-state index < -0.39 is 36.5 Å². The van der Waals surface area contributed by atoms with Crippen molar-refractivity contribution < 1.29 is 29.3 Å². The van der Waals surface area contributed by atoms with Crippen LogP contribution in [0, 0.1) is 0 Å². The summed E-state index contributed by atoms with van der Waals surface area (Å²) >= 11 is 0. The van der Waals surface area contributed by atoms with E-state index in [2.05, 4.69) is 15.7 Å². The number of aromatic nitrogens is 2. The number of carbonyl (C=O) groups excluding carboxylic acids is 2. The fourth-order valence-electron chi connectivity index (χ4n) is 4.29. The van der Waals surface area contributed by atoms with Crippen molar-refractivity contribution in [3.63, 3.8) is 0 Å². The van der Waals surface area contributed by atoms with Gasteiger partial charge in [-0.25, -0.2) is 9.59 Å². The quantitative estimate of drug-likeness (QED) is 0.368. The van der Waals surface area contributed by atoms with E-state index in [0.717, 1.165) is 22.3 Å². The number of rotatable bonds is 9. The number of amides is 2. The lowest BCUT2D eigenvalue weighted by Crippen LogP contribution is -2.39. The van der Waals surface area contributed by atoms with Crippen LogP contribution in [-0.2, 0) is 21.4 Å². The van der Waals surface area contributed by atoms with E-state index in [-0.39, 0.29) is 24.8 Å². The van der Waals surface area contributed by atoms with Gasteiger partial charge in [0.1, 0.15) is 6.61 Å². The van der Waals surface area contributed by atoms with E-state index in [1.54, 1.807) is 7.05 Å². The van der Waals surface area contributed by atoms with Gasteiger partial charge in [-0.3, -0.25) is 9.48 Å². The lowest BCUT2D eigenvalue weighted by molar-refractivity contribution is -0.142. The summed E-state index contributed by atoms with van der Waals surface area (Å²) in [7, 11) is 1.56. The molecule has 2 aromatic carbocycles. The van der Waals surface area contributed by atoms with E-state index in [9.17, 15) is 24.6 Å². The lowest BCUT2D eigenvalue weighted by Gasteiger charge is -2.17. The van der Waals surface area contributed by atoms with Gasteiger partial charge >= 0.3 is 12.1 Å². The first-order valence-corrected chi connectivity index (χ1v) is 11.1. The third-order valence-corrected chi connectivity index (χ3v) is 5.95. The molecule has 0 spiro atoms. The Hall–Kier alpha value is -4.18. The smallest absolute Gasteiger partial charge is 0.407 e. The first-order chi connectivity index (χ1) is 16.8. The van der Waals surface area contributed by atoms with Gasteiger partial charge in [-0.15, -0.1) is 0 Å². The molecular weight excluding hydrogens is 452 g/mol. The number of aliphatic carboxylic acids is 1. The topological polar surface area (TPSA) is 143 Å². The molecule has 0 bridgehead atoms.